The van der Waals surface area contributed by atoms with E-state index in [-0.39, 0.29) is 11.9 Å². The van der Waals surface area contributed by atoms with Crippen LogP contribution in [-0.4, -0.2) is 30.0 Å². The fourth-order valence-corrected chi connectivity index (χ4v) is 1.79. The minimum Gasteiger partial charge on any atom is -0.493 e. The first-order chi connectivity index (χ1) is 8.54. The van der Waals surface area contributed by atoms with Gasteiger partial charge in [-0.3, -0.25) is 4.79 Å². The van der Waals surface area contributed by atoms with Crippen LogP contribution in [0.25, 0.3) is 0 Å². The molecule has 4 heteroatoms. The van der Waals surface area contributed by atoms with Gasteiger partial charge in [0.1, 0.15) is 5.75 Å². The Labute approximate surface area is 109 Å². The molecule has 4 nitrogen and oxygen atoms in total. The summed E-state index contributed by atoms with van der Waals surface area (Å²) in [6, 6.07) is 7.41. The van der Waals surface area contributed by atoms with Crippen molar-refractivity contribution >= 4 is 11.6 Å². The molecule has 0 saturated heterocycles. The van der Waals surface area contributed by atoms with Crippen molar-refractivity contribution in [1.29, 1.82) is 0 Å². The Hall–Kier alpha value is -1.71. The van der Waals surface area contributed by atoms with Crippen LogP contribution in [0.5, 0.6) is 5.75 Å². The molecule has 0 spiro atoms. The number of nitrogens with zero attached hydrogens (tertiary/aromatic N) is 1. The summed E-state index contributed by atoms with van der Waals surface area (Å²) in [5.41, 5.74) is 6.28. The first-order valence-electron chi connectivity index (χ1n) is 6.32. The van der Waals surface area contributed by atoms with E-state index in [1.807, 2.05) is 25.7 Å². The summed E-state index contributed by atoms with van der Waals surface area (Å²) >= 11 is 0. The summed E-state index contributed by atoms with van der Waals surface area (Å²) in [4.78, 5) is 13.7. The normalized spacial score (nSPS) is 10.4. The van der Waals surface area contributed by atoms with E-state index in [0.29, 0.717) is 18.7 Å². The lowest BCUT2D eigenvalue weighted by Crippen LogP contribution is -2.37. The Morgan fingerprint density at radius 2 is 1.94 bits per heavy atom. The van der Waals surface area contributed by atoms with Crippen LogP contribution in [0.4, 0.5) is 5.69 Å². The third kappa shape index (κ3) is 4.28. The average Bonchev–Trinajstić information content (AvgIpc) is 2.32. The number of nitrogens with two attached hydrogens (primary N) is 1. The molecule has 1 rings (SSSR count). The van der Waals surface area contributed by atoms with E-state index in [1.165, 1.54) is 0 Å². The second kappa shape index (κ2) is 6.89. The molecule has 0 saturated carbocycles. The Morgan fingerprint density at radius 1 is 1.33 bits per heavy atom. The van der Waals surface area contributed by atoms with Crippen molar-refractivity contribution < 1.29 is 9.53 Å². The molecule has 0 aliphatic heterocycles. The number of anilines is 1. The van der Waals surface area contributed by atoms with Crippen LogP contribution < -0.4 is 10.5 Å². The minimum absolute atomic E-state index is 0.128. The van der Waals surface area contributed by atoms with Crippen LogP contribution in [0.15, 0.2) is 24.3 Å². The molecule has 0 bridgehead atoms. The van der Waals surface area contributed by atoms with Crippen molar-refractivity contribution in [3.8, 4) is 5.75 Å². The van der Waals surface area contributed by atoms with Gasteiger partial charge in [-0.2, -0.15) is 0 Å². The molecular weight excluding hydrogens is 228 g/mol. The summed E-state index contributed by atoms with van der Waals surface area (Å²) in [5.74, 6) is 0.868. The van der Waals surface area contributed by atoms with Gasteiger partial charge in [0.2, 0.25) is 5.91 Å². The molecule has 0 aromatic heterocycles. The Morgan fingerprint density at radius 3 is 2.44 bits per heavy atom. The highest BCUT2D eigenvalue weighted by Crippen LogP contribution is 2.13. The van der Waals surface area contributed by atoms with Crippen LogP contribution in [0.3, 0.4) is 0 Å². The molecule has 100 valence electrons. The number of amides is 1. The van der Waals surface area contributed by atoms with E-state index < -0.39 is 0 Å². The molecule has 1 amide bonds. The maximum Gasteiger partial charge on any atom is 0.226 e. The second-order valence-corrected chi connectivity index (χ2v) is 4.44. The molecule has 0 aliphatic rings. The van der Waals surface area contributed by atoms with Gasteiger partial charge in [0.05, 0.1) is 13.0 Å². The van der Waals surface area contributed by atoms with E-state index in [1.54, 1.807) is 24.3 Å². The van der Waals surface area contributed by atoms with Gasteiger partial charge in [-0.15, -0.1) is 0 Å². The zero-order chi connectivity index (χ0) is 13.5. The van der Waals surface area contributed by atoms with Gasteiger partial charge in [0.15, 0.2) is 0 Å². The van der Waals surface area contributed by atoms with E-state index >= 15 is 0 Å². The van der Waals surface area contributed by atoms with Gasteiger partial charge in [-0.05, 0) is 45.0 Å². The topological polar surface area (TPSA) is 55.6 Å². The van der Waals surface area contributed by atoms with Crippen molar-refractivity contribution in [2.24, 2.45) is 0 Å². The SMILES string of the molecule is CCN(C(=O)CCOc1ccc(N)cc1)C(C)C. The largest absolute Gasteiger partial charge is 0.493 e. The molecule has 0 atom stereocenters. The third-order valence-electron chi connectivity index (χ3n) is 2.75. The number of carbonyl (C=O) groups excluding carboxylic acids is 1. The fraction of sp³-hybridized carbons (Fsp3) is 0.500. The number of hydrogen-bond donors (Lipinski definition) is 1. The van der Waals surface area contributed by atoms with Gasteiger partial charge in [-0.1, -0.05) is 0 Å². The first kappa shape index (κ1) is 14.4. The minimum atomic E-state index is 0.128. The quantitative estimate of drug-likeness (QED) is 0.788. The van der Waals surface area contributed by atoms with Crippen LogP contribution in [0.1, 0.15) is 27.2 Å². The molecule has 0 aliphatic carbocycles. The van der Waals surface area contributed by atoms with E-state index in [0.717, 1.165) is 12.3 Å². The van der Waals surface area contributed by atoms with Gasteiger partial charge >= 0.3 is 0 Å². The lowest BCUT2D eigenvalue weighted by atomic mass is 10.2. The van der Waals surface area contributed by atoms with Crippen LogP contribution >= 0.6 is 0 Å². The lowest BCUT2D eigenvalue weighted by Gasteiger charge is -2.25. The van der Waals surface area contributed by atoms with Crippen LogP contribution in [0.2, 0.25) is 0 Å². The molecule has 2 N–H and O–H groups in total. The Balaban J connectivity index is 2.37. The molecule has 0 heterocycles. The molecule has 1 aromatic rings. The number of carbonyl (C=O) groups is 1. The predicted octanol–water partition coefficient (Wildman–Crippen LogP) is 2.29. The summed E-state index contributed by atoms with van der Waals surface area (Å²) in [7, 11) is 0. The summed E-state index contributed by atoms with van der Waals surface area (Å²) < 4.78 is 5.50. The summed E-state index contributed by atoms with van der Waals surface area (Å²) in [6.45, 7) is 7.15. The number of hydrogen-bond acceptors (Lipinski definition) is 3. The smallest absolute Gasteiger partial charge is 0.226 e. The molecule has 0 unspecified atom stereocenters. The van der Waals surface area contributed by atoms with Crippen molar-refractivity contribution in [1.82, 2.24) is 4.90 Å². The van der Waals surface area contributed by atoms with Crippen LogP contribution in [0, 0.1) is 0 Å². The standard InChI is InChI=1S/C14H22N2O2/c1-4-16(11(2)3)14(17)9-10-18-13-7-5-12(15)6-8-13/h5-8,11H,4,9-10,15H2,1-3H3. The molecule has 0 radical (unpaired) electrons. The highest BCUT2D eigenvalue weighted by Gasteiger charge is 2.14. The van der Waals surface area contributed by atoms with Crippen molar-refractivity contribution in [3.05, 3.63) is 24.3 Å². The fourth-order valence-electron chi connectivity index (χ4n) is 1.79. The average molecular weight is 250 g/mol. The van der Waals surface area contributed by atoms with Crippen molar-refractivity contribution in [2.45, 2.75) is 33.2 Å². The summed E-state index contributed by atoms with van der Waals surface area (Å²) in [5, 5.41) is 0. The van der Waals surface area contributed by atoms with E-state index in [9.17, 15) is 4.79 Å². The molecular formula is C14H22N2O2. The number of ether oxygens (including phenoxy) is 1. The Kier molecular flexibility index (Phi) is 5.49. The molecule has 18 heavy (non-hydrogen) atoms. The first-order valence-corrected chi connectivity index (χ1v) is 6.32. The molecule has 0 fully saturated rings. The number of benzene rings is 1. The monoisotopic (exact) mass is 250 g/mol. The Bertz CT molecular complexity index is 374. The molecule has 1 aromatic carbocycles. The zero-order valence-electron chi connectivity index (χ0n) is 11.3. The van der Waals surface area contributed by atoms with Gasteiger partial charge in [0.25, 0.3) is 0 Å². The maximum atomic E-state index is 11.9. The van der Waals surface area contributed by atoms with E-state index in [2.05, 4.69) is 0 Å². The van der Waals surface area contributed by atoms with Gasteiger partial charge in [-0.25, -0.2) is 0 Å². The highest BCUT2D eigenvalue weighted by molar-refractivity contribution is 5.76. The number of nitrogen functional groups attached to an aromatic ring is 1. The lowest BCUT2D eigenvalue weighted by molar-refractivity contribution is -0.133. The second-order valence-electron chi connectivity index (χ2n) is 4.44. The number of rotatable bonds is 6. The maximum absolute atomic E-state index is 11.9. The van der Waals surface area contributed by atoms with Gasteiger partial charge < -0.3 is 15.4 Å². The van der Waals surface area contributed by atoms with Crippen LogP contribution in [-0.2, 0) is 4.79 Å². The van der Waals surface area contributed by atoms with Crippen molar-refractivity contribution in [3.63, 3.8) is 0 Å². The highest BCUT2D eigenvalue weighted by atomic mass is 16.5. The van der Waals surface area contributed by atoms with Gasteiger partial charge in [0, 0.05) is 18.3 Å². The predicted molar refractivity (Wildman–Crippen MR) is 73.5 cm³/mol. The summed E-state index contributed by atoms with van der Waals surface area (Å²) in [6.07, 6.45) is 0.399. The zero-order valence-corrected chi connectivity index (χ0v) is 11.3. The van der Waals surface area contributed by atoms with Crippen molar-refractivity contribution in [2.75, 3.05) is 18.9 Å². The van der Waals surface area contributed by atoms with E-state index in [4.69, 9.17) is 10.5 Å². The third-order valence-corrected chi connectivity index (χ3v) is 2.75.